The molecule has 1 aliphatic rings. The molecular formula is C13H24N2O3S. The normalized spacial score (nSPS) is 27.3. The molecule has 0 aromatic carbocycles. The van der Waals surface area contributed by atoms with Gasteiger partial charge in [0.15, 0.2) is 0 Å². The van der Waals surface area contributed by atoms with E-state index in [1.807, 2.05) is 34.6 Å². The predicted octanol–water partition coefficient (Wildman–Crippen LogP) is 2.55. The predicted molar refractivity (Wildman–Crippen MR) is 77.9 cm³/mol. The first kappa shape index (κ1) is 16.3. The highest BCUT2D eigenvalue weighted by atomic mass is 32.2. The summed E-state index contributed by atoms with van der Waals surface area (Å²) in [4.78, 5) is 12.4. The molecule has 1 unspecified atom stereocenters. The maximum atomic E-state index is 12.0. The molecule has 1 amide bonds. The number of rotatable bonds is 2. The van der Waals surface area contributed by atoms with Crippen LogP contribution in [0.25, 0.3) is 0 Å². The SMILES string of the molecule is C/C(=N\[S+]([O-])C(C)(C)C)[C@@H]1CCN(C(=O)O)C[C@@H]1C. The summed E-state index contributed by atoms with van der Waals surface area (Å²) in [6.45, 7) is 10.7. The Kier molecular flexibility index (Phi) is 5.26. The van der Waals surface area contributed by atoms with Crippen molar-refractivity contribution >= 4 is 23.2 Å². The second-order valence-corrected chi connectivity index (χ2v) is 8.10. The Morgan fingerprint density at radius 3 is 2.47 bits per heavy atom. The van der Waals surface area contributed by atoms with E-state index in [0.717, 1.165) is 12.1 Å². The fourth-order valence-corrected chi connectivity index (χ4v) is 2.95. The van der Waals surface area contributed by atoms with Gasteiger partial charge in [0, 0.05) is 19.0 Å². The summed E-state index contributed by atoms with van der Waals surface area (Å²) in [5.41, 5.74) is 0.880. The quantitative estimate of drug-likeness (QED) is 0.626. The number of likely N-dealkylation sites (tertiary alicyclic amines) is 1. The first-order valence-electron chi connectivity index (χ1n) is 6.58. The highest BCUT2D eigenvalue weighted by Gasteiger charge is 2.33. The molecule has 0 aromatic heterocycles. The van der Waals surface area contributed by atoms with Gasteiger partial charge in [0.05, 0.1) is 5.71 Å². The van der Waals surface area contributed by atoms with Crippen LogP contribution in [0.5, 0.6) is 0 Å². The minimum absolute atomic E-state index is 0.213. The Labute approximate surface area is 118 Å². The van der Waals surface area contributed by atoms with Gasteiger partial charge >= 0.3 is 6.09 Å². The van der Waals surface area contributed by atoms with Crippen molar-refractivity contribution < 1.29 is 14.5 Å². The Balaban J connectivity index is 2.71. The van der Waals surface area contributed by atoms with E-state index in [9.17, 15) is 9.35 Å². The van der Waals surface area contributed by atoms with Crippen molar-refractivity contribution in [2.75, 3.05) is 13.1 Å². The first-order chi connectivity index (χ1) is 8.62. The van der Waals surface area contributed by atoms with E-state index in [1.54, 1.807) is 0 Å². The van der Waals surface area contributed by atoms with Crippen molar-refractivity contribution in [3.63, 3.8) is 0 Å². The van der Waals surface area contributed by atoms with Crippen LogP contribution in [0.3, 0.4) is 0 Å². The lowest BCUT2D eigenvalue weighted by Crippen LogP contribution is -2.44. The van der Waals surface area contributed by atoms with E-state index in [1.165, 1.54) is 4.90 Å². The van der Waals surface area contributed by atoms with Crippen LogP contribution in [-0.4, -0.2) is 44.2 Å². The summed E-state index contributed by atoms with van der Waals surface area (Å²) in [7, 11) is 0. The number of carbonyl (C=O) groups is 1. The number of hydrogen-bond donors (Lipinski definition) is 1. The molecular weight excluding hydrogens is 264 g/mol. The van der Waals surface area contributed by atoms with E-state index in [0.29, 0.717) is 13.1 Å². The van der Waals surface area contributed by atoms with Crippen LogP contribution in [0, 0.1) is 11.8 Å². The van der Waals surface area contributed by atoms with Gasteiger partial charge in [-0.25, -0.2) is 4.79 Å². The molecule has 1 rings (SSSR count). The third-order valence-corrected chi connectivity index (χ3v) is 4.96. The molecule has 110 valence electrons. The average molecular weight is 288 g/mol. The van der Waals surface area contributed by atoms with Crippen LogP contribution in [0.1, 0.15) is 41.0 Å². The monoisotopic (exact) mass is 288 g/mol. The van der Waals surface area contributed by atoms with Crippen molar-refractivity contribution in [3.05, 3.63) is 0 Å². The second kappa shape index (κ2) is 6.13. The van der Waals surface area contributed by atoms with Crippen molar-refractivity contribution in [1.82, 2.24) is 4.90 Å². The Morgan fingerprint density at radius 2 is 2.05 bits per heavy atom. The van der Waals surface area contributed by atoms with Gasteiger partial charge in [-0.15, -0.1) is 0 Å². The molecule has 1 saturated heterocycles. The number of amides is 1. The van der Waals surface area contributed by atoms with E-state index >= 15 is 0 Å². The molecule has 3 atom stereocenters. The van der Waals surface area contributed by atoms with Gasteiger partial charge in [-0.2, -0.15) is 0 Å². The molecule has 0 radical (unpaired) electrons. The fourth-order valence-electron chi connectivity index (χ4n) is 2.28. The minimum Gasteiger partial charge on any atom is -0.591 e. The van der Waals surface area contributed by atoms with Crippen LogP contribution in [-0.2, 0) is 11.4 Å². The number of carboxylic acid groups (broad SMARTS) is 1. The summed E-state index contributed by atoms with van der Waals surface area (Å²) in [5.74, 6) is 0.437. The standard InChI is InChI=1S/C13H24N2O3S/c1-9-8-15(12(16)17)7-6-11(9)10(2)14-19(18)13(3,4)5/h9,11H,6-8H2,1-5H3,(H,16,17)/b14-10+/t9-,11+,19?/m0/s1. The molecule has 0 aromatic rings. The number of piperidine rings is 1. The summed E-state index contributed by atoms with van der Waals surface area (Å²) >= 11 is -1.24. The molecule has 1 heterocycles. The Bertz CT molecular complexity index is 365. The Morgan fingerprint density at radius 1 is 1.47 bits per heavy atom. The van der Waals surface area contributed by atoms with Crippen LogP contribution >= 0.6 is 0 Å². The fraction of sp³-hybridized carbons (Fsp3) is 0.846. The van der Waals surface area contributed by atoms with Crippen LogP contribution < -0.4 is 0 Å². The third-order valence-electron chi connectivity index (χ3n) is 3.46. The number of hydrogen-bond acceptors (Lipinski definition) is 3. The Hall–Kier alpha value is -0.750. The lowest BCUT2D eigenvalue weighted by molar-refractivity contribution is 0.114. The molecule has 1 fully saturated rings. The van der Waals surface area contributed by atoms with Crippen molar-refractivity contribution in [3.8, 4) is 0 Å². The largest absolute Gasteiger partial charge is 0.591 e. The summed E-state index contributed by atoms with van der Waals surface area (Å²) < 4.78 is 16.0. The van der Waals surface area contributed by atoms with Gasteiger partial charge in [-0.3, -0.25) is 0 Å². The molecule has 0 spiro atoms. The topological polar surface area (TPSA) is 76.0 Å². The van der Waals surface area contributed by atoms with Crippen LogP contribution in [0.2, 0.25) is 0 Å². The third kappa shape index (κ3) is 4.38. The summed E-state index contributed by atoms with van der Waals surface area (Å²) in [5, 5.41) is 8.98. The van der Waals surface area contributed by atoms with Crippen molar-refractivity contribution in [1.29, 1.82) is 0 Å². The van der Waals surface area contributed by atoms with Gasteiger partial charge in [-0.05, 0) is 40.0 Å². The van der Waals surface area contributed by atoms with Gasteiger partial charge < -0.3 is 14.6 Å². The molecule has 5 nitrogen and oxygen atoms in total. The van der Waals surface area contributed by atoms with E-state index in [2.05, 4.69) is 4.40 Å². The highest BCUT2D eigenvalue weighted by Crippen LogP contribution is 2.26. The zero-order valence-electron chi connectivity index (χ0n) is 12.3. The maximum Gasteiger partial charge on any atom is 0.407 e. The molecule has 19 heavy (non-hydrogen) atoms. The molecule has 0 saturated carbocycles. The average Bonchev–Trinajstić information content (AvgIpc) is 2.26. The van der Waals surface area contributed by atoms with Crippen molar-refractivity contribution in [2.45, 2.75) is 45.8 Å². The minimum atomic E-state index is -1.24. The highest BCUT2D eigenvalue weighted by molar-refractivity contribution is 7.91. The van der Waals surface area contributed by atoms with Gasteiger partial charge in [0.2, 0.25) is 0 Å². The van der Waals surface area contributed by atoms with Crippen LogP contribution in [0.15, 0.2) is 4.40 Å². The van der Waals surface area contributed by atoms with E-state index in [4.69, 9.17) is 5.11 Å². The van der Waals surface area contributed by atoms with Gasteiger partial charge in [-0.1, -0.05) is 11.3 Å². The van der Waals surface area contributed by atoms with Gasteiger partial charge in [0.1, 0.15) is 16.1 Å². The summed E-state index contributed by atoms with van der Waals surface area (Å²) in [6.07, 6.45) is -0.109. The molecule has 1 aliphatic heterocycles. The number of nitrogens with zero attached hydrogens (tertiary/aromatic N) is 2. The molecule has 6 heteroatoms. The second-order valence-electron chi connectivity index (χ2n) is 6.20. The first-order valence-corrected chi connectivity index (χ1v) is 7.68. The molecule has 0 bridgehead atoms. The zero-order valence-corrected chi connectivity index (χ0v) is 13.2. The van der Waals surface area contributed by atoms with Gasteiger partial charge in [0.25, 0.3) is 0 Å². The van der Waals surface area contributed by atoms with Crippen LogP contribution in [0.4, 0.5) is 4.79 Å². The lowest BCUT2D eigenvalue weighted by Gasteiger charge is -2.35. The zero-order chi connectivity index (χ0) is 14.8. The van der Waals surface area contributed by atoms with Crippen molar-refractivity contribution in [2.24, 2.45) is 16.2 Å². The smallest absolute Gasteiger partial charge is 0.407 e. The van der Waals surface area contributed by atoms with E-state index in [-0.39, 0.29) is 16.6 Å². The lowest BCUT2D eigenvalue weighted by atomic mass is 9.84. The summed E-state index contributed by atoms with van der Waals surface area (Å²) in [6, 6.07) is 0. The maximum absolute atomic E-state index is 12.0. The molecule has 1 N–H and O–H groups in total. The van der Waals surface area contributed by atoms with E-state index < -0.39 is 17.5 Å². The molecule has 0 aliphatic carbocycles.